The third-order valence-corrected chi connectivity index (χ3v) is 4.10. The molecule has 142 valence electrons. The molecule has 2 aromatic rings. The third-order valence-electron chi connectivity index (χ3n) is 4.10. The molecule has 0 aliphatic carbocycles. The molecule has 2 rings (SSSR count). The number of rotatable bonds is 9. The molecule has 1 heterocycles. The van der Waals surface area contributed by atoms with Gasteiger partial charge in [0, 0.05) is 25.0 Å². The summed E-state index contributed by atoms with van der Waals surface area (Å²) in [7, 11) is 1.65. The van der Waals surface area contributed by atoms with Crippen molar-refractivity contribution in [1.29, 1.82) is 5.26 Å². The van der Waals surface area contributed by atoms with Crippen molar-refractivity contribution < 1.29 is 19.0 Å². The number of aryl methyl sites for hydroxylation is 1. The number of hydrogen-bond donors (Lipinski definition) is 0. The molecule has 0 N–H and O–H groups in total. The molecule has 0 unspecified atom stereocenters. The summed E-state index contributed by atoms with van der Waals surface area (Å²) in [5.74, 6) is 0.0453. The summed E-state index contributed by atoms with van der Waals surface area (Å²) in [5, 5.41) is 9.32. The van der Waals surface area contributed by atoms with E-state index in [9.17, 15) is 10.1 Å². The molecule has 0 bridgehead atoms. The Morgan fingerprint density at radius 1 is 1.19 bits per heavy atom. The van der Waals surface area contributed by atoms with Gasteiger partial charge in [-0.2, -0.15) is 5.26 Å². The van der Waals surface area contributed by atoms with Crippen LogP contribution in [0.2, 0.25) is 0 Å². The second kappa shape index (κ2) is 10.2. The molecule has 0 aliphatic heterocycles. The SMILES string of the molecule is COCCn1c(C)cc(/C=C(\C#N)C(=O)OCCOc2ccccc2)c1C. The van der Waals surface area contributed by atoms with Gasteiger partial charge in [-0.25, -0.2) is 4.79 Å². The summed E-state index contributed by atoms with van der Waals surface area (Å²) in [5.41, 5.74) is 2.79. The van der Waals surface area contributed by atoms with Crippen LogP contribution < -0.4 is 4.74 Å². The first-order valence-corrected chi connectivity index (χ1v) is 8.69. The van der Waals surface area contributed by atoms with Crippen LogP contribution in [0.1, 0.15) is 17.0 Å². The van der Waals surface area contributed by atoms with Crippen LogP contribution in [0, 0.1) is 25.2 Å². The lowest BCUT2D eigenvalue weighted by atomic mass is 10.1. The predicted octanol–water partition coefficient (Wildman–Crippen LogP) is 3.28. The molecule has 27 heavy (non-hydrogen) atoms. The highest BCUT2D eigenvalue weighted by atomic mass is 16.6. The molecule has 1 aromatic carbocycles. The number of nitriles is 1. The largest absolute Gasteiger partial charge is 0.490 e. The molecular weight excluding hydrogens is 344 g/mol. The van der Waals surface area contributed by atoms with Crippen molar-refractivity contribution in [3.8, 4) is 11.8 Å². The van der Waals surface area contributed by atoms with E-state index >= 15 is 0 Å². The van der Waals surface area contributed by atoms with Crippen molar-refractivity contribution in [2.45, 2.75) is 20.4 Å². The third kappa shape index (κ3) is 5.73. The summed E-state index contributed by atoms with van der Waals surface area (Å²) in [4.78, 5) is 12.2. The van der Waals surface area contributed by atoms with Crippen LogP contribution in [0.25, 0.3) is 6.08 Å². The lowest BCUT2D eigenvalue weighted by Gasteiger charge is -2.08. The Hall–Kier alpha value is -3.04. The molecular formula is C21H24N2O4. The van der Waals surface area contributed by atoms with Gasteiger partial charge in [-0.05, 0) is 43.7 Å². The minimum absolute atomic E-state index is 0.0401. The quantitative estimate of drug-likeness (QED) is 0.294. The Balaban J connectivity index is 1.97. The van der Waals surface area contributed by atoms with Gasteiger partial charge in [0.15, 0.2) is 0 Å². The van der Waals surface area contributed by atoms with E-state index in [4.69, 9.17) is 14.2 Å². The van der Waals surface area contributed by atoms with Crippen molar-refractivity contribution in [1.82, 2.24) is 4.57 Å². The molecule has 0 aliphatic rings. The first kappa shape index (κ1) is 20.3. The van der Waals surface area contributed by atoms with Gasteiger partial charge in [0.2, 0.25) is 0 Å². The first-order chi connectivity index (χ1) is 13.1. The number of methoxy groups -OCH3 is 1. The zero-order chi connectivity index (χ0) is 19.6. The molecule has 0 radical (unpaired) electrons. The Kier molecular flexibility index (Phi) is 7.65. The molecule has 0 saturated carbocycles. The van der Waals surface area contributed by atoms with Gasteiger partial charge >= 0.3 is 5.97 Å². The molecule has 6 heteroatoms. The summed E-state index contributed by atoms with van der Waals surface area (Å²) in [6, 6.07) is 13.1. The van der Waals surface area contributed by atoms with E-state index in [2.05, 4.69) is 4.57 Å². The number of ether oxygens (including phenoxy) is 3. The number of carbonyl (C=O) groups is 1. The molecule has 1 aromatic heterocycles. The Bertz CT molecular complexity index is 832. The average Bonchev–Trinajstić information content (AvgIpc) is 2.95. The molecule has 0 amide bonds. The summed E-state index contributed by atoms with van der Waals surface area (Å²) < 4.78 is 17.8. The first-order valence-electron chi connectivity index (χ1n) is 8.69. The van der Waals surface area contributed by atoms with Crippen LogP contribution in [0.5, 0.6) is 5.75 Å². The van der Waals surface area contributed by atoms with Gasteiger partial charge in [-0.1, -0.05) is 18.2 Å². The van der Waals surface area contributed by atoms with Gasteiger partial charge in [-0.3, -0.25) is 0 Å². The average molecular weight is 368 g/mol. The second-order valence-corrected chi connectivity index (χ2v) is 5.94. The molecule has 0 atom stereocenters. The van der Waals surface area contributed by atoms with Gasteiger partial charge in [0.1, 0.15) is 30.6 Å². The lowest BCUT2D eigenvalue weighted by Crippen LogP contribution is -2.13. The van der Waals surface area contributed by atoms with Crippen molar-refractivity contribution in [3.63, 3.8) is 0 Å². The van der Waals surface area contributed by atoms with E-state index in [-0.39, 0.29) is 18.8 Å². The van der Waals surface area contributed by atoms with Crippen LogP contribution in [0.15, 0.2) is 42.0 Å². The molecule has 0 saturated heterocycles. The maximum Gasteiger partial charge on any atom is 0.349 e. The number of benzene rings is 1. The highest BCUT2D eigenvalue weighted by molar-refractivity contribution is 5.98. The Morgan fingerprint density at radius 2 is 1.93 bits per heavy atom. The Morgan fingerprint density at radius 3 is 2.59 bits per heavy atom. The van der Waals surface area contributed by atoms with Gasteiger partial charge in [0.25, 0.3) is 0 Å². The van der Waals surface area contributed by atoms with Crippen LogP contribution >= 0.6 is 0 Å². The van der Waals surface area contributed by atoms with Crippen molar-refractivity contribution in [2.24, 2.45) is 0 Å². The maximum atomic E-state index is 12.2. The van der Waals surface area contributed by atoms with E-state index in [1.165, 1.54) is 0 Å². The van der Waals surface area contributed by atoms with Crippen molar-refractivity contribution in [3.05, 3.63) is 58.9 Å². The smallest absolute Gasteiger partial charge is 0.349 e. The molecule has 6 nitrogen and oxygen atoms in total. The van der Waals surface area contributed by atoms with Gasteiger partial charge < -0.3 is 18.8 Å². The number of aromatic nitrogens is 1. The predicted molar refractivity (Wildman–Crippen MR) is 102 cm³/mol. The molecule has 0 spiro atoms. The van der Waals surface area contributed by atoms with E-state index in [1.54, 1.807) is 13.2 Å². The Labute approximate surface area is 159 Å². The monoisotopic (exact) mass is 368 g/mol. The van der Waals surface area contributed by atoms with E-state index in [1.807, 2.05) is 56.3 Å². The lowest BCUT2D eigenvalue weighted by molar-refractivity contribution is -0.139. The fourth-order valence-electron chi connectivity index (χ4n) is 2.68. The topological polar surface area (TPSA) is 73.5 Å². The minimum Gasteiger partial charge on any atom is -0.490 e. The van der Waals surface area contributed by atoms with E-state index < -0.39 is 5.97 Å². The number of esters is 1. The number of hydrogen-bond acceptors (Lipinski definition) is 5. The number of para-hydroxylation sites is 1. The normalized spacial score (nSPS) is 11.1. The number of nitrogens with zero attached hydrogens (tertiary/aromatic N) is 2. The van der Waals surface area contributed by atoms with Crippen LogP contribution in [-0.4, -0.2) is 37.5 Å². The minimum atomic E-state index is -0.657. The highest BCUT2D eigenvalue weighted by Crippen LogP contribution is 2.18. The zero-order valence-electron chi connectivity index (χ0n) is 15.9. The van der Waals surface area contributed by atoms with E-state index in [0.29, 0.717) is 18.9 Å². The fourth-order valence-corrected chi connectivity index (χ4v) is 2.68. The van der Waals surface area contributed by atoms with Gasteiger partial charge in [-0.15, -0.1) is 0 Å². The zero-order valence-corrected chi connectivity index (χ0v) is 15.9. The fraction of sp³-hybridized carbons (Fsp3) is 0.333. The second-order valence-electron chi connectivity index (χ2n) is 5.94. The summed E-state index contributed by atoms with van der Waals surface area (Å²) in [6.07, 6.45) is 1.56. The van der Waals surface area contributed by atoms with Crippen molar-refractivity contribution in [2.75, 3.05) is 26.9 Å². The van der Waals surface area contributed by atoms with E-state index in [0.717, 1.165) is 17.0 Å². The van der Waals surface area contributed by atoms with Crippen LogP contribution in [-0.2, 0) is 20.8 Å². The molecule has 0 fully saturated rings. The summed E-state index contributed by atoms with van der Waals surface area (Å²) in [6.45, 7) is 5.52. The standard InChI is InChI=1S/C21H24N2O4/c1-16-13-18(17(2)23(16)9-10-25-3)14-19(15-22)21(24)27-12-11-26-20-7-5-4-6-8-20/h4-8,13-14H,9-12H2,1-3H3/b19-14+. The number of carbonyl (C=O) groups excluding carboxylic acids is 1. The highest BCUT2D eigenvalue weighted by Gasteiger charge is 2.14. The maximum absolute atomic E-state index is 12.2. The summed E-state index contributed by atoms with van der Waals surface area (Å²) >= 11 is 0. The van der Waals surface area contributed by atoms with Crippen LogP contribution in [0.4, 0.5) is 0 Å². The van der Waals surface area contributed by atoms with Crippen LogP contribution in [0.3, 0.4) is 0 Å². The van der Waals surface area contributed by atoms with Crippen molar-refractivity contribution >= 4 is 12.0 Å². The van der Waals surface area contributed by atoms with Gasteiger partial charge in [0.05, 0.1) is 6.61 Å².